The standard InChI is InChI=1S/C37H40N2O5/c1-4-28(5-2)36(41)39(30-15-11-12-26(3)24-30)22-23-44-31-20-18-27(19-21-31)25-34(37(42)43)38-33-17-10-9-16-32(33)35(40)29-13-7-6-8-14-29/h6-21,24,28,34,38H,4-5,22-23,25H2,1-3H3,(H,42,43)/t34-/m0/s1. The molecule has 0 aromatic heterocycles. The summed E-state index contributed by atoms with van der Waals surface area (Å²) in [6, 6.07) is 30.1. The highest BCUT2D eigenvalue weighted by molar-refractivity contribution is 6.12. The van der Waals surface area contributed by atoms with Crippen LogP contribution in [0.5, 0.6) is 5.75 Å². The van der Waals surface area contributed by atoms with Crippen LogP contribution in [-0.4, -0.2) is 42.0 Å². The summed E-state index contributed by atoms with van der Waals surface area (Å²) in [7, 11) is 0. The van der Waals surface area contributed by atoms with Crippen molar-refractivity contribution in [3.63, 3.8) is 0 Å². The van der Waals surface area contributed by atoms with Gasteiger partial charge in [-0.3, -0.25) is 9.59 Å². The number of benzene rings is 4. The number of carboxylic acids is 1. The van der Waals surface area contributed by atoms with Crippen LogP contribution in [0.2, 0.25) is 0 Å². The van der Waals surface area contributed by atoms with Gasteiger partial charge in [0, 0.05) is 34.8 Å². The summed E-state index contributed by atoms with van der Waals surface area (Å²) in [5.41, 5.74) is 4.16. The van der Waals surface area contributed by atoms with E-state index < -0.39 is 12.0 Å². The number of ether oxygens (including phenoxy) is 1. The van der Waals surface area contributed by atoms with Gasteiger partial charge in [0.15, 0.2) is 5.78 Å². The molecule has 0 aliphatic carbocycles. The SMILES string of the molecule is CCC(CC)C(=O)N(CCOc1ccc(C[C@H](Nc2ccccc2C(=O)c2ccccc2)C(=O)O)cc1)c1cccc(C)c1. The first-order valence-electron chi connectivity index (χ1n) is 15.1. The maximum absolute atomic E-state index is 13.3. The van der Waals surface area contributed by atoms with Gasteiger partial charge in [0.2, 0.25) is 5.91 Å². The Labute approximate surface area is 259 Å². The summed E-state index contributed by atoms with van der Waals surface area (Å²) in [6.07, 6.45) is 1.76. The van der Waals surface area contributed by atoms with Gasteiger partial charge in [-0.2, -0.15) is 0 Å². The molecule has 4 aromatic carbocycles. The van der Waals surface area contributed by atoms with Crippen LogP contribution in [0.4, 0.5) is 11.4 Å². The highest BCUT2D eigenvalue weighted by Crippen LogP contribution is 2.23. The zero-order chi connectivity index (χ0) is 31.5. The molecule has 1 atom stereocenters. The van der Waals surface area contributed by atoms with Crippen molar-refractivity contribution >= 4 is 29.0 Å². The van der Waals surface area contributed by atoms with Crippen molar-refractivity contribution in [3.05, 3.63) is 125 Å². The number of ketones is 1. The Morgan fingerprint density at radius 3 is 2.18 bits per heavy atom. The molecule has 0 spiro atoms. The number of carbonyl (C=O) groups excluding carboxylic acids is 2. The smallest absolute Gasteiger partial charge is 0.326 e. The molecule has 7 nitrogen and oxygen atoms in total. The summed E-state index contributed by atoms with van der Waals surface area (Å²) in [4.78, 5) is 40.5. The van der Waals surface area contributed by atoms with Crippen LogP contribution in [0.25, 0.3) is 0 Å². The van der Waals surface area contributed by atoms with Crippen LogP contribution >= 0.6 is 0 Å². The number of nitrogens with zero attached hydrogens (tertiary/aromatic N) is 1. The van der Waals surface area contributed by atoms with Crippen molar-refractivity contribution in [3.8, 4) is 5.75 Å². The molecule has 0 radical (unpaired) electrons. The molecule has 0 saturated carbocycles. The number of anilines is 2. The van der Waals surface area contributed by atoms with Crippen molar-refractivity contribution < 1.29 is 24.2 Å². The molecule has 0 heterocycles. The average Bonchev–Trinajstić information content (AvgIpc) is 3.04. The Kier molecular flexibility index (Phi) is 11.3. The van der Waals surface area contributed by atoms with Gasteiger partial charge in [0.05, 0.1) is 6.54 Å². The molecule has 228 valence electrons. The van der Waals surface area contributed by atoms with Crippen LogP contribution in [0, 0.1) is 12.8 Å². The monoisotopic (exact) mass is 592 g/mol. The van der Waals surface area contributed by atoms with E-state index in [1.807, 2.05) is 68.1 Å². The maximum atomic E-state index is 13.3. The number of carboxylic acid groups (broad SMARTS) is 1. The Morgan fingerprint density at radius 1 is 0.841 bits per heavy atom. The lowest BCUT2D eigenvalue weighted by Gasteiger charge is -2.27. The van der Waals surface area contributed by atoms with E-state index in [4.69, 9.17) is 4.74 Å². The summed E-state index contributed by atoms with van der Waals surface area (Å²) in [6.45, 7) is 6.80. The Bertz CT molecular complexity index is 1550. The maximum Gasteiger partial charge on any atom is 0.326 e. The average molecular weight is 593 g/mol. The summed E-state index contributed by atoms with van der Waals surface area (Å²) < 4.78 is 6.01. The topological polar surface area (TPSA) is 95.9 Å². The fourth-order valence-electron chi connectivity index (χ4n) is 5.17. The van der Waals surface area contributed by atoms with Gasteiger partial charge in [-0.25, -0.2) is 4.79 Å². The molecule has 0 aliphatic heterocycles. The largest absolute Gasteiger partial charge is 0.492 e. The van der Waals surface area contributed by atoms with Crippen LogP contribution in [0.15, 0.2) is 103 Å². The van der Waals surface area contributed by atoms with Crippen molar-refractivity contribution in [1.82, 2.24) is 0 Å². The van der Waals surface area contributed by atoms with E-state index >= 15 is 0 Å². The van der Waals surface area contributed by atoms with E-state index in [1.165, 1.54) is 0 Å². The van der Waals surface area contributed by atoms with E-state index in [0.29, 0.717) is 35.7 Å². The van der Waals surface area contributed by atoms with Gasteiger partial charge in [-0.05, 0) is 67.3 Å². The molecule has 7 heteroatoms. The van der Waals surface area contributed by atoms with Crippen LogP contribution < -0.4 is 15.0 Å². The molecule has 4 aromatic rings. The number of nitrogens with one attached hydrogen (secondary N) is 1. The van der Waals surface area contributed by atoms with Crippen LogP contribution in [-0.2, 0) is 16.0 Å². The fourth-order valence-corrected chi connectivity index (χ4v) is 5.17. The molecular weight excluding hydrogens is 552 g/mol. The quantitative estimate of drug-likeness (QED) is 0.142. The van der Waals surface area contributed by atoms with Crippen molar-refractivity contribution in [1.29, 1.82) is 0 Å². The highest BCUT2D eigenvalue weighted by atomic mass is 16.5. The first-order valence-corrected chi connectivity index (χ1v) is 15.1. The minimum atomic E-state index is -1.02. The van der Waals surface area contributed by atoms with Crippen LogP contribution in [0.1, 0.15) is 53.7 Å². The molecule has 1 amide bonds. The number of carbonyl (C=O) groups is 3. The second-order valence-corrected chi connectivity index (χ2v) is 10.8. The number of aliphatic carboxylic acids is 1. The molecular formula is C37H40N2O5. The van der Waals surface area contributed by atoms with E-state index in [1.54, 1.807) is 60.7 Å². The Balaban J connectivity index is 1.40. The van der Waals surface area contributed by atoms with Crippen LogP contribution in [0.3, 0.4) is 0 Å². The lowest BCUT2D eigenvalue weighted by Crippen LogP contribution is -2.38. The van der Waals surface area contributed by atoms with E-state index in [-0.39, 0.29) is 24.0 Å². The summed E-state index contributed by atoms with van der Waals surface area (Å²) in [5, 5.41) is 13.1. The minimum Gasteiger partial charge on any atom is -0.492 e. The van der Waals surface area contributed by atoms with E-state index in [2.05, 4.69) is 5.32 Å². The normalized spacial score (nSPS) is 11.5. The molecule has 0 unspecified atom stereocenters. The number of amides is 1. The zero-order valence-corrected chi connectivity index (χ0v) is 25.5. The Hall–Kier alpha value is -4.91. The van der Waals surface area contributed by atoms with Gasteiger partial charge < -0.3 is 20.1 Å². The lowest BCUT2D eigenvalue weighted by atomic mass is 10.00. The first kappa shape index (κ1) is 32.0. The number of rotatable bonds is 15. The highest BCUT2D eigenvalue weighted by Gasteiger charge is 2.24. The molecule has 0 bridgehead atoms. The van der Waals surface area contributed by atoms with Gasteiger partial charge >= 0.3 is 5.97 Å². The molecule has 0 saturated heterocycles. The molecule has 44 heavy (non-hydrogen) atoms. The van der Waals surface area contributed by atoms with E-state index in [9.17, 15) is 19.5 Å². The second kappa shape index (κ2) is 15.5. The number of hydrogen-bond donors (Lipinski definition) is 2. The van der Waals surface area contributed by atoms with Crippen molar-refractivity contribution in [2.24, 2.45) is 5.92 Å². The van der Waals surface area contributed by atoms with E-state index in [0.717, 1.165) is 29.7 Å². The third-order valence-corrected chi connectivity index (χ3v) is 7.70. The Morgan fingerprint density at radius 2 is 1.52 bits per heavy atom. The zero-order valence-electron chi connectivity index (χ0n) is 25.5. The summed E-state index contributed by atoms with van der Waals surface area (Å²) in [5.74, 6) is -0.521. The first-order chi connectivity index (χ1) is 21.3. The molecule has 0 fully saturated rings. The summed E-state index contributed by atoms with van der Waals surface area (Å²) >= 11 is 0. The number of aryl methyl sites for hydroxylation is 1. The minimum absolute atomic E-state index is 0.0472. The van der Waals surface area contributed by atoms with Gasteiger partial charge in [0.25, 0.3) is 0 Å². The molecule has 4 rings (SSSR count). The van der Waals surface area contributed by atoms with Gasteiger partial charge in [-0.15, -0.1) is 0 Å². The molecule has 2 N–H and O–H groups in total. The fraction of sp³-hybridized carbons (Fsp3) is 0.270. The predicted octanol–water partition coefficient (Wildman–Crippen LogP) is 7.18. The lowest BCUT2D eigenvalue weighted by molar-refractivity contribution is -0.137. The van der Waals surface area contributed by atoms with Crippen molar-refractivity contribution in [2.75, 3.05) is 23.4 Å². The van der Waals surface area contributed by atoms with Crippen molar-refractivity contribution in [2.45, 2.75) is 46.1 Å². The number of para-hydroxylation sites is 1. The number of hydrogen-bond acceptors (Lipinski definition) is 5. The third kappa shape index (κ3) is 8.34. The predicted molar refractivity (Wildman–Crippen MR) is 175 cm³/mol. The third-order valence-electron chi connectivity index (χ3n) is 7.70. The molecule has 0 aliphatic rings. The van der Waals surface area contributed by atoms with Gasteiger partial charge in [0.1, 0.15) is 18.4 Å². The van der Waals surface area contributed by atoms with Gasteiger partial charge in [-0.1, -0.05) is 80.6 Å². The second-order valence-electron chi connectivity index (χ2n) is 10.8.